The molecule has 6 heterocycles. The van der Waals surface area contributed by atoms with Crippen molar-refractivity contribution in [2.45, 2.75) is 159 Å². The Hall–Kier alpha value is -7.87. The zero-order valence-electron chi connectivity index (χ0n) is 50.8. The van der Waals surface area contributed by atoms with Crippen LogP contribution in [0.4, 0.5) is 0 Å². The molecule has 3 aromatic carbocycles. The summed E-state index contributed by atoms with van der Waals surface area (Å²) in [6, 6.07) is 12.9. The van der Waals surface area contributed by atoms with E-state index in [1.165, 1.54) is 45.9 Å². The van der Waals surface area contributed by atoms with Gasteiger partial charge in [-0.15, -0.1) is 16.4 Å². The molecule has 3 saturated heterocycles. The van der Waals surface area contributed by atoms with Gasteiger partial charge >= 0.3 is 7.60 Å². The molecule has 3 aliphatic heterocycles. The lowest BCUT2D eigenvalue weighted by atomic mass is 9.83. The fourth-order valence-electron chi connectivity index (χ4n) is 13.1. The highest BCUT2D eigenvalue weighted by Crippen LogP contribution is 2.40. The van der Waals surface area contributed by atoms with E-state index in [4.69, 9.17) is 22.1 Å². The average molecular weight is 1310 g/mol. The fraction of sp³-hybridized carbons (Fsp3) is 0.476. The molecule has 4 fully saturated rings. The summed E-state index contributed by atoms with van der Waals surface area (Å²) in [4.78, 5) is 141. The van der Waals surface area contributed by atoms with Crippen molar-refractivity contribution in [3.05, 3.63) is 117 Å². The van der Waals surface area contributed by atoms with Crippen molar-refractivity contribution in [3.8, 4) is 16.2 Å². The van der Waals surface area contributed by atoms with Crippen molar-refractivity contribution in [2.75, 3.05) is 26.2 Å². The van der Waals surface area contributed by atoms with Crippen LogP contribution in [0.3, 0.4) is 0 Å². The lowest BCUT2D eigenvalue weighted by molar-refractivity contribution is -0.145. The van der Waals surface area contributed by atoms with Crippen LogP contribution in [0.15, 0.2) is 78.4 Å². The number of aryl methyl sites for hydroxylation is 3. The second-order valence-electron chi connectivity index (χ2n) is 24.3. The Morgan fingerprint density at radius 2 is 1.68 bits per heavy atom. The zero-order chi connectivity index (χ0) is 64.8. The van der Waals surface area contributed by atoms with Crippen LogP contribution in [0.1, 0.15) is 146 Å². The number of nitrogens with two attached hydrogens (primary N) is 1. The standard InChI is InChI=1S/C63H76ClN12O13PS/c1-35(38-15-17-41(18-16-38)57-36(2)66-34-91-57)67-60(82)52-29-47(78)31-74(52)62(84)56(40-9-5-4-6-10-40)75-30-44(71-72-75)13-7-11-39-12-8-14-53(55(39)64)89-33-45(20-24-54(65)79)68-59(81)51-23-21-46-25-26-73(37(3)77)32-50(61(83)76(46)51)70-58(80)49-28-43-27-42(19-22-48(43)69-49)63(85)90(86,87)88/h8,12,14-19,22,27-28,30,34-35,40,45-47,50-52,56,69,78H,4-7,9-11,13,20-21,23-26,29,31-33H2,1-3H3,(H2,65,79)(H,67,82)(H,68,81)(H,70,80)(H2,86,87,88)/t35-,45-,46+,47+,50-,51-,52-,56-/m0/s1. The van der Waals surface area contributed by atoms with E-state index in [1.54, 1.807) is 34.3 Å². The van der Waals surface area contributed by atoms with E-state index in [-0.39, 0.29) is 92.9 Å². The summed E-state index contributed by atoms with van der Waals surface area (Å²) in [5.74, 6) is -3.18. The Labute approximate surface area is 534 Å². The number of carbonyl (C=O) groups is 8. The average Bonchev–Trinajstić information content (AvgIpc) is 1.71. The summed E-state index contributed by atoms with van der Waals surface area (Å²) >= 11 is 8.58. The lowest BCUT2D eigenvalue weighted by Crippen LogP contribution is -2.61. The molecule has 28 heteroatoms. The van der Waals surface area contributed by atoms with Gasteiger partial charge in [0.15, 0.2) is 0 Å². The van der Waals surface area contributed by atoms with Gasteiger partial charge in [-0.05, 0) is 125 Å². The molecule has 7 amide bonds. The number of benzene rings is 3. The normalized spacial score (nSPS) is 20.7. The van der Waals surface area contributed by atoms with Crippen LogP contribution < -0.4 is 26.4 Å². The van der Waals surface area contributed by atoms with Crippen LogP contribution in [0.25, 0.3) is 21.3 Å². The number of carbonyl (C=O) groups excluding carboxylic acids is 8. The summed E-state index contributed by atoms with van der Waals surface area (Å²) in [6.45, 7) is 5.13. The molecule has 3 aromatic heterocycles. The number of hydrogen-bond donors (Lipinski definition) is 8. The number of hydrogen-bond acceptors (Lipinski definition) is 15. The second kappa shape index (κ2) is 28.7. The molecule has 10 rings (SSSR count). The third-order valence-corrected chi connectivity index (χ3v) is 20.1. The maximum atomic E-state index is 14.9. The SMILES string of the molecule is CC(=O)N1CC[C@H]2CC[C@@H](C(=O)N[C@@H](CCC(N)=O)COc3cccc(CCCc4cn([C@H](C(=O)N5C[C@H](O)C[C@H]5C(=O)N[C@@H](C)c5ccc(-c6scnc6C)cc5)C5CCCCC5)nn4)c3Cl)N2C(=O)[C@@H](NC(=O)c2cc3cc(C(=O)P(=O)(O)O)ccc3[nH]2)C1. The number of thiazole rings is 1. The van der Waals surface area contributed by atoms with E-state index >= 15 is 0 Å². The van der Waals surface area contributed by atoms with Crippen molar-refractivity contribution in [1.82, 2.24) is 55.6 Å². The van der Waals surface area contributed by atoms with Gasteiger partial charge in [-0.1, -0.05) is 72.5 Å². The number of ether oxygens (including phenoxy) is 1. The molecule has 8 atom stereocenters. The number of primary amides is 1. The Kier molecular flexibility index (Phi) is 20.9. The molecule has 4 aliphatic rings. The first-order valence-corrected chi connectivity index (χ1v) is 33.7. The molecule has 1 aliphatic carbocycles. The number of fused-ring (bicyclic) bond motifs is 2. The predicted octanol–water partition coefficient (Wildman–Crippen LogP) is 5.84. The molecule has 0 bridgehead atoms. The highest BCUT2D eigenvalue weighted by atomic mass is 35.5. The molecule has 9 N–H and O–H groups in total. The Balaban J connectivity index is 0.764. The van der Waals surface area contributed by atoms with Crippen LogP contribution in [-0.4, -0.2) is 164 Å². The van der Waals surface area contributed by atoms with Gasteiger partial charge in [-0.2, -0.15) is 0 Å². The maximum Gasteiger partial charge on any atom is 0.396 e. The first kappa shape index (κ1) is 66.1. The largest absolute Gasteiger partial charge is 0.490 e. The van der Waals surface area contributed by atoms with E-state index in [9.17, 15) is 57.8 Å². The fourth-order valence-corrected chi connectivity index (χ4v) is 14.6. The van der Waals surface area contributed by atoms with Gasteiger partial charge in [0, 0.05) is 68.1 Å². The van der Waals surface area contributed by atoms with E-state index < -0.39 is 79.1 Å². The molecule has 25 nitrogen and oxygen atoms in total. The van der Waals surface area contributed by atoms with E-state index in [0.29, 0.717) is 59.5 Å². The van der Waals surface area contributed by atoms with Gasteiger partial charge in [0.2, 0.25) is 35.4 Å². The van der Waals surface area contributed by atoms with Crippen molar-refractivity contribution in [2.24, 2.45) is 11.7 Å². The van der Waals surface area contributed by atoms with Crippen molar-refractivity contribution < 1.29 is 62.6 Å². The number of aliphatic hydroxyl groups is 1. The number of rotatable bonds is 23. The summed E-state index contributed by atoms with van der Waals surface area (Å²) in [7, 11) is -5.09. The van der Waals surface area contributed by atoms with Gasteiger partial charge in [-0.3, -0.25) is 42.9 Å². The van der Waals surface area contributed by atoms with Gasteiger partial charge in [-0.25, -0.2) is 9.67 Å². The van der Waals surface area contributed by atoms with Gasteiger partial charge in [0.05, 0.1) is 45.0 Å². The topological polar surface area (TPSA) is 355 Å². The quantitative estimate of drug-likeness (QED) is 0.0349. The lowest BCUT2D eigenvalue weighted by Gasteiger charge is -2.38. The highest BCUT2D eigenvalue weighted by Gasteiger charge is 2.47. The molecule has 1 saturated carbocycles. The smallest absolute Gasteiger partial charge is 0.396 e. The van der Waals surface area contributed by atoms with Crippen LogP contribution in [0, 0.1) is 12.8 Å². The number of halogens is 1. The molecular weight excluding hydrogens is 1230 g/mol. The number of nitrogens with one attached hydrogen (secondary N) is 4. The molecule has 0 spiro atoms. The Bertz CT molecular complexity index is 3750. The third kappa shape index (κ3) is 15.6. The minimum absolute atomic E-state index is 0.0174. The predicted molar refractivity (Wildman–Crippen MR) is 336 cm³/mol. The second-order valence-corrected chi connectivity index (χ2v) is 27.0. The molecule has 6 aromatic rings. The van der Waals surface area contributed by atoms with Crippen LogP contribution in [0.2, 0.25) is 5.02 Å². The summed E-state index contributed by atoms with van der Waals surface area (Å²) in [6.07, 6.45) is 8.16. The van der Waals surface area contributed by atoms with Crippen LogP contribution in [0.5, 0.6) is 5.75 Å². The first-order chi connectivity index (χ1) is 43.5. The third-order valence-electron chi connectivity index (χ3n) is 17.9. The molecular formula is C63H76ClN12O13PS. The number of aliphatic hydroxyl groups excluding tert-OH is 1. The highest BCUT2D eigenvalue weighted by molar-refractivity contribution is 7.70. The molecule has 0 radical (unpaired) electrons. The minimum atomic E-state index is -5.09. The number of aromatic nitrogens is 5. The van der Waals surface area contributed by atoms with Crippen molar-refractivity contribution in [1.29, 1.82) is 0 Å². The van der Waals surface area contributed by atoms with Gasteiger partial charge in [0.1, 0.15) is 42.2 Å². The zero-order valence-corrected chi connectivity index (χ0v) is 53.3. The van der Waals surface area contributed by atoms with Crippen molar-refractivity contribution >= 4 is 88.3 Å². The van der Waals surface area contributed by atoms with Gasteiger partial charge < -0.3 is 61.0 Å². The molecule has 91 heavy (non-hydrogen) atoms. The molecule has 484 valence electrons. The summed E-state index contributed by atoms with van der Waals surface area (Å²) in [5, 5.41) is 29.4. The minimum Gasteiger partial charge on any atom is -0.490 e. The Morgan fingerprint density at radius 1 is 0.923 bits per heavy atom. The summed E-state index contributed by atoms with van der Waals surface area (Å²) in [5.41, 5.74) is 10.4. The number of β-amino-alcohol motifs (C(OH)–C–C–N with tert-alkyl or cyclic N) is 1. The van der Waals surface area contributed by atoms with E-state index in [2.05, 4.69) is 36.2 Å². The first-order valence-electron chi connectivity index (χ1n) is 30.8. The number of nitrogens with zero attached hydrogens (tertiary/aromatic N) is 7. The summed E-state index contributed by atoms with van der Waals surface area (Å²) < 4.78 is 19.6. The Morgan fingerprint density at radius 3 is 2.40 bits per heavy atom. The van der Waals surface area contributed by atoms with Crippen molar-refractivity contribution in [3.63, 3.8) is 0 Å². The monoisotopic (exact) mass is 1310 g/mol. The maximum absolute atomic E-state index is 14.9. The van der Waals surface area contributed by atoms with Crippen LogP contribution >= 0.6 is 30.5 Å². The number of amides is 7. The van der Waals surface area contributed by atoms with E-state index in [1.807, 2.05) is 49.7 Å². The van der Waals surface area contributed by atoms with Crippen LogP contribution in [-0.2, 0) is 46.2 Å². The number of likely N-dealkylation sites (tertiary alicyclic amines) is 1. The van der Waals surface area contributed by atoms with Gasteiger partial charge in [0.25, 0.3) is 11.4 Å². The number of aromatic amines is 1. The number of H-pyrrole nitrogens is 1. The molecule has 0 unspecified atom stereocenters. The van der Waals surface area contributed by atoms with E-state index in [0.717, 1.165) is 59.4 Å².